The van der Waals surface area contributed by atoms with Crippen LogP contribution in [0.15, 0.2) is 23.8 Å². The minimum Gasteiger partial charge on any atom is -0.482 e. The molecule has 0 fully saturated rings. The Balaban J connectivity index is 0.00000180. The molecule has 3 nitrogen and oxygen atoms in total. The van der Waals surface area contributed by atoms with Crippen LogP contribution < -0.4 is 9.47 Å². The quantitative estimate of drug-likeness (QED) is 0.796. The molecule has 0 N–H and O–H groups in total. The molecule has 0 bridgehead atoms. The van der Waals surface area contributed by atoms with Gasteiger partial charge in [0.2, 0.25) is 11.8 Å². The Morgan fingerprint density at radius 3 is 2.58 bits per heavy atom. The summed E-state index contributed by atoms with van der Waals surface area (Å²) in [6.45, 7) is 4.32. The Bertz CT molecular complexity index is 509. The van der Waals surface area contributed by atoms with E-state index in [9.17, 15) is 0 Å². The van der Waals surface area contributed by atoms with Crippen molar-refractivity contribution >= 4 is 5.57 Å². The molecule has 0 spiro atoms. The number of nitrogens with zero attached hydrogens (tertiary/aromatic N) is 1. The van der Waals surface area contributed by atoms with Crippen molar-refractivity contribution in [2.75, 3.05) is 14.2 Å². The van der Waals surface area contributed by atoms with Crippen molar-refractivity contribution in [3.8, 4) is 11.8 Å². The predicted octanol–water partition coefficient (Wildman–Crippen LogP) is 3.27. The average Bonchev–Trinajstić information content (AvgIpc) is 2.41. The van der Waals surface area contributed by atoms with E-state index < -0.39 is 0 Å². The van der Waals surface area contributed by atoms with Crippen LogP contribution in [0.4, 0.5) is 0 Å². The molecule has 1 atom stereocenters. The first-order valence-electron chi connectivity index (χ1n) is 6.04. The molecule has 1 radical (unpaired) electrons. The fourth-order valence-electron chi connectivity index (χ4n) is 2.01. The number of hydrogen-bond acceptors (Lipinski definition) is 3. The molecule has 0 aliphatic heterocycles. The van der Waals surface area contributed by atoms with Crippen molar-refractivity contribution in [2.45, 2.75) is 20.3 Å². The van der Waals surface area contributed by atoms with E-state index in [4.69, 9.17) is 9.47 Å². The van der Waals surface area contributed by atoms with E-state index in [-0.39, 0.29) is 32.7 Å². The van der Waals surface area contributed by atoms with Gasteiger partial charge in [-0.15, -0.1) is 0 Å². The molecule has 99 valence electrons. The van der Waals surface area contributed by atoms with Crippen LogP contribution in [0.1, 0.15) is 25.8 Å². The van der Waals surface area contributed by atoms with Gasteiger partial charge in [0.1, 0.15) is 0 Å². The van der Waals surface area contributed by atoms with Gasteiger partial charge in [-0.1, -0.05) is 32.3 Å². The van der Waals surface area contributed by atoms with Gasteiger partial charge in [0, 0.05) is 32.7 Å². The number of rotatable bonds is 3. The Kier molecular flexibility index (Phi) is 6.22. The molecule has 1 aliphatic carbocycles. The topological polar surface area (TPSA) is 31.4 Å². The van der Waals surface area contributed by atoms with Gasteiger partial charge in [-0.3, -0.25) is 6.08 Å². The minimum atomic E-state index is 0. The van der Waals surface area contributed by atoms with Gasteiger partial charge >= 0.3 is 0 Å². The maximum Gasteiger partial charge on any atom is 0.216 e. The zero-order valence-corrected chi connectivity index (χ0v) is 14.7. The molecule has 1 aliphatic rings. The van der Waals surface area contributed by atoms with Crippen LogP contribution in [0.25, 0.3) is 5.57 Å². The van der Waals surface area contributed by atoms with Crippen LogP contribution in [0, 0.1) is 12.0 Å². The van der Waals surface area contributed by atoms with Crippen molar-refractivity contribution < 1.29 is 42.2 Å². The van der Waals surface area contributed by atoms with Crippen molar-refractivity contribution in [3.05, 3.63) is 35.4 Å². The van der Waals surface area contributed by atoms with Crippen molar-refractivity contribution in [3.63, 3.8) is 0 Å². The number of allylic oxidation sites excluding steroid dienone is 4. The average molecular weight is 333 g/mol. The third kappa shape index (κ3) is 3.67. The summed E-state index contributed by atoms with van der Waals surface area (Å²) in [6, 6.07) is 3.85. The Hall–Kier alpha value is -0.666. The summed E-state index contributed by atoms with van der Waals surface area (Å²) in [7, 11) is 3.23. The summed E-state index contributed by atoms with van der Waals surface area (Å²) in [5, 5.41) is 0. The maximum atomic E-state index is 5.34. The second-order valence-corrected chi connectivity index (χ2v) is 4.51. The first-order valence-corrected chi connectivity index (χ1v) is 6.04. The molecular weight excluding hydrogens is 315 g/mol. The van der Waals surface area contributed by atoms with Gasteiger partial charge in [-0.2, -0.15) is 16.1 Å². The molecule has 0 amide bonds. The van der Waals surface area contributed by atoms with Crippen LogP contribution >= 0.6 is 0 Å². The summed E-state index contributed by atoms with van der Waals surface area (Å²) in [5.74, 6) is 1.68. The third-order valence-corrected chi connectivity index (χ3v) is 3.32. The molecule has 4 heteroatoms. The molecule has 1 heterocycles. The minimum absolute atomic E-state index is 0. The largest absolute Gasteiger partial charge is 0.482 e. The maximum absolute atomic E-state index is 5.34. The predicted molar refractivity (Wildman–Crippen MR) is 71.5 cm³/mol. The molecule has 0 aromatic carbocycles. The van der Waals surface area contributed by atoms with Crippen molar-refractivity contribution in [1.29, 1.82) is 0 Å². The van der Waals surface area contributed by atoms with E-state index in [1.165, 1.54) is 11.1 Å². The van der Waals surface area contributed by atoms with E-state index in [0.717, 1.165) is 12.0 Å². The van der Waals surface area contributed by atoms with Crippen LogP contribution in [-0.2, 0) is 32.7 Å². The van der Waals surface area contributed by atoms with Gasteiger partial charge in [-0.25, -0.2) is 6.08 Å². The van der Waals surface area contributed by atoms with Gasteiger partial charge < -0.3 is 9.47 Å². The normalized spacial score (nSPS) is 18.0. The SMILES string of the molecule is COc1ccc(C2=C[C-]=C(C)C(C)C2)c(OC)n1.[Y]. The molecule has 1 aromatic heterocycles. The van der Waals surface area contributed by atoms with Gasteiger partial charge in [-0.05, 0) is 11.6 Å². The molecule has 1 unspecified atom stereocenters. The monoisotopic (exact) mass is 333 g/mol. The first-order chi connectivity index (χ1) is 8.65. The van der Waals surface area contributed by atoms with Crippen LogP contribution in [-0.4, -0.2) is 19.2 Å². The molecule has 1 aromatic rings. The fraction of sp³-hybridized carbons (Fsp3) is 0.400. The van der Waals surface area contributed by atoms with Crippen molar-refractivity contribution in [2.24, 2.45) is 5.92 Å². The summed E-state index contributed by atoms with van der Waals surface area (Å²) in [6.07, 6.45) is 6.32. The van der Waals surface area contributed by atoms with Crippen LogP contribution in [0.5, 0.6) is 11.8 Å². The standard InChI is InChI=1S/C15H18NO2.Y/c1-10-5-6-12(9-11(10)2)13-7-8-14(17-3)16-15(13)18-4;/h6-8,11H,9H2,1-4H3;/q-1;. The number of methoxy groups -OCH3 is 2. The first kappa shape index (κ1) is 16.4. The summed E-state index contributed by atoms with van der Waals surface area (Å²) in [5.41, 5.74) is 3.52. The molecule has 0 saturated heterocycles. The fourth-order valence-corrected chi connectivity index (χ4v) is 2.01. The van der Waals surface area contributed by atoms with Gasteiger partial charge in [0.15, 0.2) is 0 Å². The van der Waals surface area contributed by atoms with E-state index >= 15 is 0 Å². The number of ether oxygens (including phenoxy) is 2. The second kappa shape index (κ2) is 7.21. The van der Waals surface area contributed by atoms with E-state index in [2.05, 4.69) is 24.9 Å². The van der Waals surface area contributed by atoms with Crippen LogP contribution in [0.3, 0.4) is 0 Å². The molecule has 19 heavy (non-hydrogen) atoms. The summed E-state index contributed by atoms with van der Waals surface area (Å²) in [4.78, 5) is 4.31. The Labute approximate surface area is 140 Å². The molecular formula is C15H18NO2Y-. The smallest absolute Gasteiger partial charge is 0.216 e. The number of pyridine rings is 1. The van der Waals surface area contributed by atoms with Crippen LogP contribution in [0.2, 0.25) is 0 Å². The molecule has 0 saturated carbocycles. The second-order valence-electron chi connectivity index (χ2n) is 4.51. The van der Waals surface area contributed by atoms with E-state index in [0.29, 0.717) is 17.7 Å². The number of aromatic nitrogens is 1. The molecule has 2 rings (SSSR count). The van der Waals surface area contributed by atoms with E-state index in [1.54, 1.807) is 14.2 Å². The van der Waals surface area contributed by atoms with E-state index in [1.807, 2.05) is 18.2 Å². The van der Waals surface area contributed by atoms with Gasteiger partial charge in [0.25, 0.3) is 0 Å². The van der Waals surface area contributed by atoms with Gasteiger partial charge in [0.05, 0.1) is 14.2 Å². The summed E-state index contributed by atoms with van der Waals surface area (Å²) >= 11 is 0. The zero-order valence-electron chi connectivity index (χ0n) is 11.9. The number of hydrogen-bond donors (Lipinski definition) is 0. The Morgan fingerprint density at radius 1 is 1.26 bits per heavy atom. The summed E-state index contributed by atoms with van der Waals surface area (Å²) < 4.78 is 10.4. The zero-order chi connectivity index (χ0) is 13.1. The third-order valence-electron chi connectivity index (χ3n) is 3.32. The van der Waals surface area contributed by atoms with Crippen molar-refractivity contribution in [1.82, 2.24) is 4.98 Å². The Morgan fingerprint density at radius 2 is 2.00 bits per heavy atom.